The lowest BCUT2D eigenvalue weighted by Crippen LogP contribution is -2.49. The number of hydrogen-bond acceptors (Lipinski definition) is 8. The highest BCUT2D eigenvalue weighted by Gasteiger charge is 2.29. The van der Waals surface area contributed by atoms with E-state index in [1.807, 2.05) is 31.2 Å². The Kier molecular flexibility index (Phi) is 11.1. The summed E-state index contributed by atoms with van der Waals surface area (Å²) in [5, 5.41) is 5.04. The summed E-state index contributed by atoms with van der Waals surface area (Å²) in [6.07, 6.45) is 1.16. The molecule has 188 valence electrons. The number of amides is 2. The van der Waals surface area contributed by atoms with Crippen LogP contribution in [0.5, 0.6) is 0 Å². The van der Waals surface area contributed by atoms with E-state index in [4.69, 9.17) is 21.0 Å². The predicted molar refractivity (Wildman–Crippen MR) is 124 cm³/mol. The van der Waals surface area contributed by atoms with E-state index in [2.05, 4.69) is 25.8 Å². The topological polar surface area (TPSA) is 179 Å². The average molecular weight is 479 g/mol. The molecule has 2 amide bonds. The lowest BCUT2D eigenvalue weighted by Gasteiger charge is -2.17. The van der Waals surface area contributed by atoms with Crippen molar-refractivity contribution in [3.05, 3.63) is 35.4 Å². The lowest BCUT2D eigenvalue weighted by atomic mass is 10.00. The van der Waals surface area contributed by atoms with Gasteiger partial charge in [-0.25, -0.2) is 14.6 Å². The van der Waals surface area contributed by atoms with Crippen LogP contribution in [-0.4, -0.2) is 56.3 Å². The molecule has 0 spiro atoms. The maximum absolute atomic E-state index is 12.4. The number of aliphatic imine (C=N–C) groups is 1. The minimum absolute atomic E-state index is 0.0386. The van der Waals surface area contributed by atoms with E-state index < -0.39 is 18.1 Å². The van der Waals surface area contributed by atoms with Crippen molar-refractivity contribution in [2.45, 2.75) is 57.3 Å². The van der Waals surface area contributed by atoms with E-state index in [9.17, 15) is 14.4 Å². The van der Waals surface area contributed by atoms with E-state index in [0.29, 0.717) is 19.4 Å². The van der Waals surface area contributed by atoms with Crippen LogP contribution in [-0.2, 0) is 30.4 Å². The predicted octanol–water partition coefficient (Wildman–Crippen LogP) is 0.369. The van der Waals surface area contributed by atoms with E-state index in [1.165, 1.54) is 7.11 Å². The van der Waals surface area contributed by atoms with Crippen molar-refractivity contribution in [3.63, 3.8) is 0 Å². The van der Waals surface area contributed by atoms with Crippen molar-refractivity contribution in [2.24, 2.45) is 16.5 Å². The average Bonchev–Trinajstić information content (AvgIpc) is 3.28. The molecule has 0 aliphatic carbocycles. The van der Waals surface area contributed by atoms with Crippen molar-refractivity contribution < 1.29 is 28.7 Å². The highest BCUT2D eigenvalue weighted by atomic mass is 16.7. The Labute approximate surface area is 198 Å². The van der Waals surface area contributed by atoms with Crippen molar-refractivity contribution in [1.29, 1.82) is 0 Å². The fraction of sp³-hybridized carbons (Fsp3) is 0.545. The monoisotopic (exact) mass is 478 g/mol. The van der Waals surface area contributed by atoms with Crippen LogP contribution in [0.2, 0.25) is 0 Å². The quantitative estimate of drug-likeness (QED) is 0.123. The first-order valence-electron chi connectivity index (χ1n) is 11.2. The Bertz CT molecular complexity index is 843. The number of hydroxylamine groups is 1. The Morgan fingerprint density at radius 3 is 2.65 bits per heavy atom. The minimum Gasteiger partial charge on any atom is -0.467 e. The Balaban J connectivity index is 1.79. The smallest absolute Gasteiger partial charge is 0.407 e. The number of benzene rings is 1. The van der Waals surface area contributed by atoms with Crippen molar-refractivity contribution in [3.8, 4) is 0 Å². The summed E-state index contributed by atoms with van der Waals surface area (Å²) in [5.41, 5.74) is 15.6. The number of rotatable bonds is 12. The number of methoxy groups -OCH3 is 1. The molecule has 7 N–H and O–H groups in total. The first-order chi connectivity index (χ1) is 16.3. The molecule has 0 bridgehead atoms. The van der Waals surface area contributed by atoms with Gasteiger partial charge in [0.25, 0.3) is 0 Å². The first-order valence-corrected chi connectivity index (χ1v) is 11.2. The number of nitrogens with two attached hydrogens (primary N) is 2. The van der Waals surface area contributed by atoms with E-state index in [-0.39, 0.29) is 43.6 Å². The lowest BCUT2D eigenvalue weighted by molar-refractivity contribution is -0.143. The third-order valence-electron chi connectivity index (χ3n) is 5.13. The summed E-state index contributed by atoms with van der Waals surface area (Å²) < 4.78 is 9.68. The highest BCUT2D eigenvalue weighted by Crippen LogP contribution is 2.27. The third kappa shape index (κ3) is 9.24. The minimum atomic E-state index is -1.06. The number of esters is 1. The van der Waals surface area contributed by atoms with Gasteiger partial charge in [0.05, 0.1) is 38.8 Å². The normalized spacial score (nSPS) is 17.9. The number of nitrogens with one attached hydrogen (secondary N) is 3. The molecule has 1 fully saturated rings. The van der Waals surface area contributed by atoms with Gasteiger partial charge in [-0.2, -0.15) is 5.48 Å². The van der Waals surface area contributed by atoms with Gasteiger partial charge in [-0.3, -0.25) is 9.63 Å². The largest absolute Gasteiger partial charge is 0.467 e. The maximum atomic E-state index is 12.4. The summed E-state index contributed by atoms with van der Waals surface area (Å²) in [6.45, 7) is 2.48. The summed E-state index contributed by atoms with van der Waals surface area (Å²) >= 11 is 0. The van der Waals surface area contributed by atoms with Gasteiger partial charge in [-0.05, 0) is 24.0 Å². The number of carbonyl (C=O) groups excluding carboxylic acids is 3. The fourth-order valence-corrected chi connectivity index (χ4v) is 3.23. The van der Waals surface area contributed by atoms with Crippen LogP contribution < -0.4 is 27.6 Å². The molecule has 1 aromatic rings. The van der Waals surface area contributed by atoms with Crippen molar-refractivity contribution >= 4 is 23.9 Å². The maximum Gasteiger partial charge on any atom is 0.407 e. The van der Waals surface area contributed by atoms with Crippen LogP contribution in [0.1, 0.15) is 49.8 Å². The Hall–Kier alpha value is -3.38. The SMILES string of the molecule is CCCCOC(=O)NC(CNC(=O)CC1CC(c2ccc(CN=C(N)N)cc2)NO1)C(=O)OC. The second kappa shape index (κ2) is 14.0. The van der Waals surface area contributed by atoms with Gasteiger partial charge in [0.1, 0.15) is 6.04 Å². The Morgan fingerprint density at radius 1 is 1.26 bits per heavy atom. The zero-order valence-electron chi connectivity index (χ0n) is 19.5. The molecule has 1 aromatic carbocycles. The molecule has 1 heterocycles. The zero-order valence-corrected chi connectivity index (χ0v) is 19.5. The molecule has 0 radical (unpaired) electrons. The van der Waals surface area contributed by atoms with E-state index in [0.717, 1.165) is 17.5 Å². The second-order valence-corrected chi connectivity index (χ2v) is 7.85. The van der Waals surface area contributed by atoms with Crippen LogP contribution in [0, 0.1) is 0 Å². The Morgan fingerprint density at radius 2 is 2.00 bits per heavy atom. The van der Waals surface area contributed by atoms with Gasteiger partial charge in [0, 0.05) is 6.54 Å². The second-order valence-electron chi connectivity index (χ2n) is 7.85. The molecule has 1 aliphatic rings. The molecule has 2 rings (SSSR count). The van der Waals surface area contributed by atoms with E-state index in [1.54, 1.807) is 0 Å². The fourth-order valence-electron chi connectivity index (χ4n) is 3.23. The summed E-state index contributed by atoms with van der Waals surface area (Å²) in [6, 6.07) is 6.63. The number of unbranched alkanes of at least 4 members (excludes halogenated alkanes) is 1. The molecule has 1 saturated heterocycles. The first kappa shape index (κ1) is 26.9. The van der Waals surface area contributed by atoms with Gasteiger partial charge in [0.15, 0.2) is 5.96 Å². The van der Waals surface area contributed by atoms with Crippen LogP contribution in [0.3, 0.4) is 0 Å². The van der Waals surface area contributed by atoms with Crippen LogP contribution in [0.25, 0.3) is 0 Å². The molecule has 12 nitrogen and oxygen atoms in total. The summed E-state index contributed by atoms with van der Waals surface area (Å²) in [7, 11) is 1.20. The zero-order chi connectivity index (χ0) is 24.9. The van der Waals surface area contributed by atoms with Crippen molar-refractivity contribution in [1.82, 2.24) is 16.1 Å². The van der Waals surface area contributed by atoms with Crippen LogP contribution >= 0.6 is 0 Å². The molecule has 0 aromatic heterocycles. The highest BCUT2D eigenvalue weighted by molar-refractivity contribution is 5.83. The number of guanidine groups is 1. The molecule has 12 heteroatoms. The van der Waals surface area contributed by atoms with Gasteiger partial charge >= 0.3 is 12.1 Å². The molecule has 1 aliphatic heterocycles. The van der Waals surface area contributed by atoms with Crippen molar-refractivity contribution in [2.75, 3.05) is 20.3 Å². The third-order valence-corrected chi connectivity index (χ3v) is 5.13. The summed E-state index contributed by atoms with van der Waals surface area (Å²) in [4.78, 5) is 45.7. The molecule has 3 atom stereocenters. The van der Waals surface area contributed by atoms with E-state index >= 15 is 0 Å². The number of alkyl carbamates (subject to hydrolysis) is 1. The molecule has 34 heavy (non-hydrogen) atoms. The summed E-state index contributed by atoms with van der Waals surface area (Å²) in [5.74, 6) is -0.971. The number of carbonyl (C=O) groups is 3. The molecule has 3 unspecified atom stereocenters. The standard InChI is InChI=1S/C22H34N6O6/c1-3-4-9-33-22(31)27-18(20(30)32-2)13-25-19(29)11-16-10-17(28-34-16)15-7-5-14(6-8-15)12-26-21(23)24/h5-8,16-18,28H,3-4,9-13H2,1-2H3,(H,25,29)(H,27,31)(H4,23,24,26). The number of ether oxygens (including phenoxy) is 2. The van der Waals surface area contributed by atoms with Crippen LogP contribution in [0.4, 0.5) is 4.79 Å². The molecular weight excluding hydrogens is 444 g/mol. The molecule has 0 saturated carbocycles. The number of hydrogen-bond donors (Lipinski definition) is 5. The number of nitrogens with zero attached hydrogens (tertiary/aromatic N) is 1. The van der Waals surface area contributed by atoms with Gasteiger partial charge in [-0.15, -0.1) is 0 Å². The molecular formula is C22H34N6O6. The van der Waals surface area contributed by atoms with Gasteiger partial charge < -0.3 is 31.6 Å². The van der Waals surface area contributed by atoms with Gasteiger partial charge in [-0.1, -0.05) is 37.6 Å². The van der Waals surface area contributed by atoms with Gasteiger partial charge in [0.2, 0.25) is 5.91 Å². The van der Waals surface area contributed by atoms with Crippen LogP contribution in [0.15, 0.2) is 29.3 Å².